The molecule has 0 N–H and O–H groups in total. The first-order valence-electron chi connectivity index (χ1n) is 8.35. The molecular formula is C15H11F8NO9S. The standard InChI is InChI=1S/C15H11F8NO9S/c16-15(17,18)12-10(13(25)30-7-31-14(26)29-3-4-32-24(27)28)6-8-5-9(1-2-11(8)33-12)34(19,20,21,22)23/h1-2,5-6,12H,3-4,7H2. The van der Waals surface area contributed by atoms with E-state index in [1.54, 1.807) is 0 Å². The Morgan fingerprint density at radius 3 is 2.26 bits per heavy atom. The van der Waals surface area contributed by atoms with Gasteiger partial charge in [0.05, 0.1) is 5.57 Å². The second-order valence-electron chi connectivity index (χ2n) is 6.16. The van der Waals surface area contributed by atoms with Gasteiger partial charge in [-0.25, -0.2) is 9.59 Å². The molecule has 1 atom stereocenters. The van der Waals surface area contributed by atoms with Gasteiger partial charge >= 0.3 is 28.5 Å². The first kappa shape index (κ1) is 26.7. The Bertz CT molecular complexity index is 1030. The topological polar surface area (TPSA) is 123 Å². The highest BCUT2D eigenvalue weighted by Crippen LogP contribution is 3.02. The summed E-state index contributed by atoms with van der Waals surface area (Å²) in [5, 5.41) is 8.68. The van der Waals surface area contributed by atoms with Crippen LogP contribution in [-0.2, 0) is 23.8 Å². The number of ether oxygens (including phenoxy) is 4. The van der Waals surface area contributed by atoms with Gasteiger partial charge in [-0.3, -0.25) is 0 Å². The Morgan fingerprint density at radius 1 is 1.06 bits per heavy atom. The van der Waals surface area contributed by atoms with Crippen LogP contribution in [0.25, 0.3) is 6.08 Å². The van der Waals surface area contributed by atoms with E-state index >= 15 is 0 Å². The number of alkyl halides is 3. The molecule has 34 heavy (non-hydrogen) atoms. The predicted molar refractivity (Wildman–Crippen MR) is 92.6 cm³/mol. The molecule has 10 nitrogen and oxygen atoms in total. The maximum Gasteiger partial charge on any atom is 0.511 e. The SMILES string of the molecule is O=C(OCCO[N+](=O)[O-])OCOC(=O)C1=Cc2cc(S(F)(F)(F)(F)F)ccc2OC1C(F)(F)F. The van der Waals surface area contributed by atoms with Crippen molar-refractivity contribution in [2.24, 2.45) is 0 Å². The second kappa shape index (κ2) is 8.37. The fourth-order valence-electron chi connectivity index (χ4n) is 2.32. The van der Waals surface area contributed by atoms with Crippen LogP contribution in [0.15, 0.2) is 28.7 Å². The molecule has 0 aromatic heterocycles. The number of nitrogens with zero attached hydrogens (tertiary/aromatic N) is 1. The smallest absolute Gasteiger partial charge is 0.475 e. The second-order valence-corrected chi connectivity index (χ2v) is 8.57. The summed E-state index contributed by atoms with van der Waals surface area (Å²) >= 11 is 0. The summed E-state index contributed by atoms with van der Waals surface area (Å²) in [4.78, 5) is 34.4. The van der Waals surface area contributed by atoms with Gasteiger partial charge in [-0.2, -0.15) is 13.2 Å². The normalized spacial score (nSPS) is 17.6. The van der Waals surface area contributed by atoms with Gasteiger partial charge in [0.25, 0.3) is 5.09 Å². The maximum atomic E-state index is 13.3. The monoisotopic (exact) mass is 533 g/mol. The molecule has 0 radical (unpaired) electrons. The minimum atomic E-state index is -10.2. The quantitative estimate of drug-likeness (QED) is 0.114. The summed E-state index contributed by atoms with van der Waals surface area (Å²) in [5.41, 5.74) is -2.36. The van der Waals surface area contributed by atoms with Gasteiger partial charge in [0.1, 0.15) is 23.9 Å². The summed E-state index contributed by atoms with van der Waals surface area (Å²) in [6.07, 6.45) is -9.71. The molecule has 1 unspecified atom stereocenters. The molecule has 1 heterocycles. The molecule has 192 valence electrons. The van der Waals surface area contributed by atoms with Gasteiger partial charge in [0.2, 0.25) is 12.9 Å². The number of hydrogen-bond donors (Lipinski definition) is 0. The van der Waals surface area contributed by atoms with Crippen molar-refractivity contribution in [2.75, 3.05) is 20.0 Å². The van der Waals surface area contributed by atoms with Crippen LogP contribution in [0.3, 0.4) is 0 Å². The molecule has 0 saturated carbocycles. The van der Waals surface area contributed by atoms with Gasteiger partial charge < -0.3 is 23.8 Å². The third-order valence-electron chi connectivity index (χ3n) is 3.66. The van der Waals surface area contributed by atoms with E-state index < -0.39 is 81.5 Å². The van der Waals surface area contributed by atoms with Crippen LogP contribution in [0, 0.1) is 10.1 Å². The lowest BCUT2D eigenvalue weighted by molar-refractivity contribution is -0.757. The minimum Gasteiger partial charge on any atom is -0.475 e. The lowest BCUT2D eigenvalue weighted by atomic mass is 10.0. The number of esters is 1. The van der Waals surface area contributed by atoms with Gasteiger partial charge in [-0.1, -0.05) is 19.4 Å². The Balaban J connectivity index is 2.17. The van der Waals surface area contributed by atoms with Crippen LogP contribution in [0.4, 0.5) is 37.4 Å². The van der Waals surface area contributed by atoms with E-state index in [2.05, 4.69) is 23.8 Å². The summed E-state index contributed by atoms with van der Waals surface area (Å²) in [7, 11) is -10.2. The van der Waals surface area contributed by atoms with Crippen molar-refractivity contribution in [3.05, 3.63) is 39.4 Å². The van der Waals surface area contributed by atoms with Crippen LogP contribution in [0.1, 0.15) is 5.56 Å². The first-order valence-corrected chi connectivity index (χ1v) is 10.3. The highest BCUT2D eigenvalue weighted by Gasteiger charge is 2.65. The number of fused-ring (bicyclic) bond motifs is 1. The van der Waals surface area contributed by atoms with E-state index in [9.17, 15) is 52.3 Å². The van der Waals surface area contributed by atoms with E-state index in [1.807, 2.05) is 0 Å². The van der Waals surface area contributed by atoms with E-state index in [4.69, 9.17) is 0 Å². The van der Waals surface area contributed by atoms with Crippen LogP contribution >= 0.6 is 10.2 Å². The largest absolute Gasteiger partial charge is 0.511 e. The molecule has 2 rings (SSSR count). The molecular weight excluding hydrogens is 522 g/mol. The maximum absolute atomic E-state index is 13.3. The third-order valence-corrected chi connectivity index (χ3v) is 4.81. The van der Waals surface area contributed by atoms with Crippen molar-refractivity contribution >= 4 is 28.4 Å². The van der Waals surface area contributed by atoms with Crippen molar-refractivity contribution in [3.63, 3.8) is 0 Å². The van der Waals surface area contributed by atoms with E-state index in [0.29, 0.717) is 0 Å². The lowest BCUT2D eigenvalue weighted by Gasteiger charge is -2.41. The van der Waals surface area contributed by atoms with Crippen LogP contribution in [0.5, 0.6) is 5.75 Å². The number of carbonyl (C=O) groups excluding carboxylic acids is 2. The molecule has 19 heteroatoms. The van der Waals surface area contributed by atoms with Crippen molar-refractivity contribution in [1.29, 1.82) is 0 Å². The van der Waals surface area contributed by atoms with Crippen LogP contribution in [-0.4, -0.2) is 49.5 Å². The molecule has 1 aliphatic heterocycles. The highest BCUT2D eigenvalue weighted by atomic mass is 32.5. The minimum absolute atomic E-state index is 0.166. The van der Waals surface area contributed by atoms with Crippen LogP contribution < -0.4 is 4.74 Å². The van der Waals surface area contributed by atoms with E-state index in [1.165, 1.54) is 0 Å². The fourth-order valence-corrected chi connectivity index (χ4v) is 3.00. The zero-order chi connectivity index (χ0) is 26.0. The fraction of sp³-hybridized carbons (Fsp3) is 0.333. The Labute approximate surface area is 182 Å². The van der Waals surface area contributed by atoms with Crippen molar-refractivity contribution in [3.8, 4) is 5.75 Å². The van der Waals surface area contributed by atoms with E-state index in [-0.39, 0.29) is 24.3 Å². The average molecular weight is 533 g/mol. The molecule has 0 spiro atoms. The number of benzene rings is 1. The zero-order valence-corrected chi connectivity index (χ0v) is 16.9. The van der Waals surface area contributed by atoms with Gasteiger partial charge in [-0.15, -0.1) is 10.1 Å². The number of halogens is 8. The van der Waals surface area contributed by atoms with Crippen LogP contribution in [0.2, 0.25) is 0 Å². The lowest BCUT2D eigenvalue weighted by Crippen LogP contribution is -2.41. The summed E-state index contributed by atoms with van der Waals surface area (Å²) < 4.78 is 122. The Kier molecular flexibility index (Phi) is 6.58. The summed E-state index contributed by atoms with van der Waals surface area (Å²) in [5.74, 6) is -2.75. The Hall–Kier alpha value is -3.51. The number of hydrogen-bond acceptors (Lipinski definition) is 9. The third kappa shape index (κ3) is 7.25. The molecule has 1 aliphatic rings. The van der Waals surface area contributed by atoms with Gasteiger partial charge in [-0.05, 0) is 24.3 Å². The first-order chi connectivity index (χ1) is 15.3. The molecule has 0 bridgehead atoms. The van der Waals surface area contributed by atoms with Crippen molar-refractivity contribution in [1.82, 2.24) is 0 Å². The number of rotatable bonds is 8. The summed E-state index contributed by atoms with van der Waals surface area (Å²) in [6.45, 7) is -2.73. The summed E-state index contributed by atoms with van der Waals surface area (Å²) in [6, 6.07) is -0.125. The highest BCUT2D eigenvalue weighted by molar-refractivity contribution is 8.45. The zero-order valence-electron chi connectivity index (χ0n) is 16.1. The molecule has 0 fully saturated rings. The predicted octanol–water partition coefficient (Wildman–Crippen LogP) is 4.91. The van der Waals surface area contributed by atoms with E-state index in [0.717, 1.165) is 0 Å². The molecule has 0 saturated heterocycles. The average Bonchev–Trinajstić information content (AvgIpc) is 2.67. The number of carbonyl (C=O) groups is 2. The molecule has 0 aliphatic carbocycles. The molecule has 1 aromatic rings. The van der Waals surface area contributed by atoms with Crippen molar-refractivity contribution in [2.45, 2.75) is 17.2 Å². The van der Waals surface area contributed by atoms with Gasteiger partial charge in [0.15, 0.2) is 0 Å². The molecule has 0 amide bonds. The molecule has 1 aromatic carbocycles. The van der Waals surface area contributed by atoms with Crippen molar-refractivity contribution < 1.29 is 71.1 Å². The Morgan fingerprint density at radius 2 is 1.71 bits per heavy atom. The van der Waals surface area contributed by atoms with Gasteiger partial charge in [0, 0.05) is 5.56 Å².